The minimum absolute atomic E-state index is 0.140. The lowest BCUT2D eigenvalue weighted by atomic mass is 9.97. The Morgan fingerprint density at radius 2 is 1.90 bits per heavy atom. The lowest BCUT2D eigenvalue weighted by Gasteiger charge is -2.31. The second kappa shape index (κ2) is 8.31. The predicted octanol–water partition coefficient (Wildman–Crippen LogP) is 4.75. The van der Waals surface area contributed by atoms with Gasteiger partial charge in [-0.2, -0.15) is 0 Å². The second-order valence-corrected chi connectivity index (χ2v) is 5.93. The van der Waals surface area contributed by atoms with Crippen LogP contribution in [0.2, 0.25) is 0 Å². The molecule has 0 radical (unpaired) electrons. The SMILES string of the molecule is CCCNCC(C)(CC)Oc1ccccc1C(C)CC. The maximum Gasteiger partial charge on any atom is 0.123 e. The highest BCUT2D eigenvalue weighted by atomic mass is 16.5. The number of ether oxygens (including phenoxy) is 1. The summed E-state index contributed by atoms with van der Waals surface area (Å²) in [6, 6.07) is 8.47. The van der Waals surface area contributed by atoms with Gasteiger partial charge < -0.3 is 10.1 Å². The maximum atomic E-state index is 6.39. The molecule has 2 unspecified atom stereocenters. The smallest absolute Gasteiger partial charge is 0.123 e. The van der Waals surface area contributed by atoms with Crippen LogP contribution < -0.4 is 10.1 Å². The topological polar surface area (TPSA) is 21.3 Å². The van der Waals surface area contributed by atoms with E-state index in [0.717, 1.165) is 38.1 Å². The quantitative estimate of drug-likeness (QED) is 0.658. The molecule has 2 nitrogen and oxygen atoms in total. The standard InChI is InChI=1S/C18H31NO/c1-6-13-19-14-18(5,8-3)20-17-12-10-9-11-16(17)15(4)7-2/h9-12,15,19H,6-8,13-14H2,1-5H3. The van der Waals surface area contributed by atoms with E-state index in [9.17, 15) is 0 Å². The molecule has 0 aromatic heterocycles. The van der Waals surface area contributed by atoms with Crippen LogP contribution in [0.1, 0.15) is 65.4 Å². The number of benzene rings is 1. The van der Waals surface area contributed by atoms with Crippen molar-refractivity contribution in [3.8, 4) is 5.75 Å². The van der Waals surface area contributed by atoms with Crippen LogP contribution in [0.15, 0.2) is 24.3 Å². The van der Waals surface area contributed by atoms with Crippen molar-refractivity contribution in [3.05, 3.63) is 29.8 Å². The molecule has 1 aromatic carbocycles. The number of rotatable bonds is 9. The largest absolute Gasteiger partial charge is 0.486 e. The fourth-order valence-corrected chi connectivity index (χ4v) is 2.23. The van der Waals surface area contributed by atoms with E-state index >= 15 is 0 Å². The number of para-hydroxylation sites is 1. The molecule has 0 amide bonds. The highest BCUT2D eigenvalue weighted by Crippen LogP contribution is 2.31. The molecule has 2 heteroatoms. The predicted molar refractivity (Wildman–Crippen MR) is 87.6 cm³/mol. The van der Waals surface area contributed by atoms with Crippen LogP contribution in [0.5, 0.6) is 5.75 Å². The Balaban J connectivity index is 2.83. The van der Waals surface area contributed by atoms with Gasteiger partial charge in [-0.05, 0) is 50.3 Å². The normalized spacial score (nSPS) is 15.7. The highest BCUT2D eigenvalue weighted by molar-refractivity contribution is 5.36. The Hall–Kier alpha value is -1.02. The summed E-state index contributed by atoms with van der Waals surface area (Å²) in [6.45, 7) is 13.0. The Kier molecular flexibility index (Phi) is 7.08. The molecule has 0 fully saturated rings. The molecular formula is C18H31NO. The summed E-state index contributed by atoms with van der Waals surface area (Å²) in [5, 5.41) is 3.48. The highest BCUT2D eigenvalue weighted by Gasteiger charge is 2.25. The van der Waals surface area contributed by atoms with E-state index in [-0.39, 0.29) is 5.60 Å². The second-order valence-electron chi connectivity index (χ2n) is 5.93. The lowest BCUT2D eigenvalue weighted by Crippen LogP contribution is -2.43. The van der Waals surface area contributed by atoms with Gasteiger partial charge in [0.05, 0.1) is 0 Å². The van der Waals surface area contributed by atoms with Crippen LogP contribution in [0.3, 0.4) is 0 Å². The van der Waals surface area contributed by atoms with Crippen molar-refractivity contribution in [2.24, 2.45) is 0 Å². The zero-order chi connectivity index (χ0) is 15.0. The number of nitrogens with one attached hydrogen (secondary N) is 1. The van der Waals surface area contributed by atoms with Crippen molar-refractivity contribution in [1.29, 1.82) is 0 Å². The molecule has 2 atom stereocenters. The summed E-state index contributed by atoms with van der Waals surface area (Å²) in [6.07, 6.45) is 3.29. The minimum atomic E-state index is -0.140. The Morgan fingerprint density at radius 1 is 1.20 bits per heavy atom. The van der Waals surface area contributed by atoms with Crippen LogP contribution >= 0.6 is 0 Å². The number of hydrogen-bond acceptors (Lipinski definition) is 2. The van der Waals surface area contributed by atoms with Gasteiger partial charge in [-0.15, -0.1) is 0 Å². The van der Waals surface area contributed by atoms with Gasteiger partial charge >= 0.3 is 0 Å². The van der Waals surface area contributed by atoms with Gasteiger partial charge in [-0.25, -0.2) is 0 Å². The summed E-state index contributed by atoms with van der Waals surface area (Å²) in [4.78, 5) is 0. The lowest BCUT2D eigenvalue weighted by molar-refractivity contribution is 0.0821. The van der Waals surface area contributed by atoms with Crippen molar-refractivity contribution in [2.45, 2.75) is 65.4 Å². The summed E-state index contributed by atoms with van der Waals surface area (Å²) < 4.78 is 6.39. The van der Waals surface area contributed by atoms with Crippen molar-refractivity contribution in [3.63, 3.8) is 0 Å². The van der Waals surface area contributed by atoms with E-state index < -0.39 is 0 Å². The van der Waals surface area contributed by atoms with Gasteiger partial charge in [0, 0.05) is 6.54 Å². The zero-order valence-corrected chi connectivity index (χ0v) is 13.8. The average molecular weight is 277 g/mol. The molecule has 0 bridgehead atoms. The molecular weight excluding hydrogens is 246 g/mol. The third-order valence-corrected chi connectivity index (χ3v) is 4.09. The first kappa shape index (κ1) is 17.0. The minimum Gasteiger partial charge on any atom is -0.486 e. The Morgan fingerprint density at radius 3 is 2.50 bits per heavy atom. The van der Waals surface area contributed by atoms with Gasteiger partial charge in [0.25, 0.3) is 0 Å². The van der Waals surface area contributed by atoms with Crippen molar-refractivity contribution in [2.75, 3.05) is 13.1 Å². The fraction of sp³-hybridized carbons (Fsp3) is 0.667. The summed E-state index contributed by atoms with van der Waals surface area (Å²) in [5.74, 6) is 1.58. The van der Waals surface area contributed by atoms with Crippen molar-refractivity contribution in [1.82, 2.24) is 5.32 Å². The van der Waals surface area contributed by atoms with E-state index in [4.69, 9.17) is 4.74 Å². The van der Waals surface area contributed by atoms with E-state index in [2.05, 4.69) is 64.2 Å². The zero-order valence-electron chi connectivity index (χ0n) is 13.8. The third-order valence-electron chi connectivity index (χ3n) is 4.09. The molecule has 0 spiro atoms. The fourth-order valence-electron chi connectivity index (χ4n) is 2.23. The molecule has 1 N–H and O–H groups in total. The third kappa shape index (κ3) is 4.82. The van der Waals surface area contributed by atoms with Crippen molar-refractivity contribution < 1.29 is 4.74 Å². The monoisotopic (exact) mass is 277 g/mol. The van der Waals surface area contributed by atoms with Crippen LogP contribution in [0.4, 0.5) is 0 Å². The summed E-state index contributed by atoms with van der Waals surface area (Å²) >= 11 is 0. The Bertz CT molecular complexity index is 391. The van der Waals surface area contributed by atoms with Gasteiger partial charge in [-0.3, -0.25) is 0 Å². The van der Waals surface area contributed by atoms with E-state index in [0.29, 0.717) is 5.92 Å². The Labute approximate surface area is 124 Å². The van der Waals surface area contributed by atoms with Crippen LogP contribution in [0, 0.1) is 0 Å². The molecule has 1 rings (SSSR count). The van der Waals surface area contributed by atoms with E-state index in [1.54, 1.807) is 0 Å². The van der Waals surface area contributed by atoms with E-state index in [1.807, 2.05) is 0 Å². The van der Waals surface area contributed by atoms with Crippen LogP contribution in [0.25, 0.3) is 0 Å². The van der Waals surface area contributed by atoms with Gasteiger partial charge in [0.15, 0.2) is 0 Å². The molecule has 0 aliphatic heterocycles. The molecule has 0 aliphatic carbocycles. The van der Waals surface area contributed by atoms with Gasteiger partial charge in [0.2, 0.25) is 0 Å². The summed E-state index contributed by atoms with van der Waals surface area (Å²) in [7, 11) is 0. The molecule has 1 aromatic rings. The van der Waals surface area contributed by atoms with Gasteiger partial charge in [-0.1, -0.05) is 45.9 Å². The molecule has 20 heavy (non-hydrogen) atoms. The number of hydrogen-bond donors (Lipinski definition) is 1. The van der Waals surface area contributed by atoms with Gasteiger partial charge in [0.1, 0.15) is 11.4 Å². The van der Waals surface area contributed by atoms with Crippen LogP contribution in [-0.2, 0) is 0 Å². The van der Waals surface area contributed by atoms with Crippen molar-refractivity contribution >= 4 is 0 Å². The maximum absolute atomic E-state index is 6.39. The first-order valence-corrected chi connectivity index (χ1v) is 8.05. The van der Waals surface area contributed by atoms with Crippen LogP contribution in [-0.4, -0.2) is 18.7 Å². The molecule has 0 aliphatic rings. The molecule has 114 valence electrons. The summed E-state index contributed by atoms with van der Waals surface area (Å²) in [5.41, 5.74) is 1.18. The van der Waals surface area contributed by atoms with E-state index in [1.165, 1.54) is 5.56 Å². The molecule has 0 saturated heterocycles. The average Bonchev–Trinajstić information content (AvgIpc) is 2.47. The first-order valence-electron chi connectivity index (χ1n) is 8.05. The molecule has 0 heterocycles. The first-order chi connectivity index (χ1) is 9.56. The molecule has 0 saturated carbocycles.